The number of benzene rings is 1. The first-order chi connectivity index (χ1) is 12.0. The van der Waals surface area contributed by atoms with Crippen molar-refractivity contribution in [3.8, 4) is 11.5 Å². The molecule has 0 aliphatic carbocycles. The fraction of sp³-hybridized carbons (Fsp3) is 0.556. The number of esters is 1. The lowest BCUT2D eigenvalue weighted by Gasteiger charge is -2.31. The van der Waals surface area contributed by atoms with Gasteiger partial charge in [-0.2, -0.15) is 0 Å². The molecule has 2 rings (SSSR count). The van der Waals surface area contributed by atoms with Crippen LogP contribution in [-0.4, -0.2) is 50.2 Å². The van der Waals surface area contributed by atoms with E-state index in [1.54, 1.807) is 24.0 Å². The van der Waals surface area contributed by atoms with Gasteiger partial charge in [0.15, 0.2) is 11.5 Å². The number of carbonyl (C=O) groups is 2. The minimum atomic E-state index is -0.259. The molecule has 1 atom stereocenters. The number of nitrogens with zero attached hydrogens (tertiary/aromatic N) is 1. The number of rotatable bonds is 6. The van der Waals surface area contributed by atoms with Gasteiger partial charge < -0.3 is 19.1 Å². The normalized spacial score (nSPS) is 17.1. The van der Waals surface area contributed by atoms with Gasteiger partial charge in [-0.1, -0.05) is 0 Å². The van der Waals surface area contributed by atoms with E-state index in [0.717, 1.165) is 12.8 Å². The Hall–Kier alpha value is -1.76. The molecule has 1 heterocycles. The second-order valence-electron chi connectivity index (χ2n) is 5.76. The highest BCUT2D eigenvalue weighted by Gasteiger charge is 2.30. The van der Waals surface area contributed by atoms with Gasteiger partial charge in [-0.25, -0.2) is 0 Å². The first-order valence-electron chi connectivity index (χ1n) is 8.48. The van der Waals surface area contributed by atoms with Crippen LogP contribution in [0.15, 0.2) is 16.6 Å². The molecule has 7 heteroatoms. The third-order valence-electron chi connectivity index (χ3n) is 4.09. The van der Waals surface area contributed by atoms with Crippen LogP contribution in [0.3, 0.4) is 0 Å². The molecule has 0 aromatic heterocycles. The molecule has 138 valence electrons. The van der Waals surface area contributed by atoms with Crippen LogP contribution in [-0.2, 0) is 9.53 Å². The summed E-state index contributed by atoms with van der Waals surface area (Å²) in [5, 5.41) is 0. The molecule has 1 aliphatic heterocycles. The van der Waals surface area contributed by atoms with E-state index in [0.29, 0.717) is 47.8 Å². The van der Waals surface area contributed by atoms with Gasteiger partial charge in [0.1, 0.15) is 0 Å². The van der Waals surface area contributed by atoms with Crippen molar-refractivity contribution in [1.82, 2.24) is 4.90 Å². The second-order valence-corrected chi connectivity index (χ2v) is 6.62. The van der Waals surface area contributed by atoms with Crippen molar-refractivity contribution in [2.24, 2.45) is 5.92 Å². The quantitative estimate of drug-likeness (QED) is 0.669. The van der Waals surface area contributed by atoms with Crippen LogP contribution in [0.25, 0.3) is 0 Å². The maximum absolute atomic E-state index is 12.9. The summed E-state index contributed by atoms with van der Waals surface area (Å²) >= 11 is 3.44. The molecule has 0 bridgehead atoms. The average Bonchev–Trinajstić information content (AvgIpc) is 2.63. The Bertz CT molecular complexity index is 634. The number of carbonyl (C=O) groups excluding carboxylic acids is 2. The molecule has 25 heavy (non-hydrogen) atoms. The minimum Gasteiger partial charge on any atom is -0.493 e. The summed E-state index contributed by atoms with van der Waals surface area (Å²) in [5.74, 6) is 0.454. The lowest BCUT2D eigenvalue weighted by molar-refractivity contribution is -0.149. The molecule has 1 unspecified atom stereocenters. The van der Waals surface area contributed by atoms with Crippen LogP contribution in [0.4, 0.5) is 0 Å². The smallest absolute Gasteiger partial charge is 0.310 e. The van der Waals surface area contributed by atoms with Crippen molar-refractivity contribution in [2.45, 2.75) is 26.7 Å². The van der Waals surface area contributed by atoms with Crippen LogP contribution in [0.1, 0.15) is 37.0 Å². The van der Waals surface area contributed by atoms with Crippen LogP contribution < -0.4 is 9.47 Å². The van der Waals surface area contributed by atoms with E-state index in [9.17, 15) is 9.59 Å². The number of piperidine rings is 1. The number of ether oxygens (including phenoxy) is 3. The van der Waals surface area contributed by atoms with Gasteiger partial charge >= 0.3 is 5.97 Å². The van der Waals surface area contributed by atoms with Crippen LogP contribution in [0, 0.1) is 5.92 Å². The molecular formula is C18H24BrNO5. The standard InChI is InChI=1S/C18H24BrNO5/c1-4-24-16-14(19)9-13(10-15(16)23-3)17(21)20-8-6-7-12(11-20)18(22)25-5-2/h9-10,12H,4-8,11H2,1-3H3. The zero-order valence-corrected chi connectivity index (χ0v) is 16.4. The van der Waals surface area contributed by atoms with Gasteiger partial charge in [0.05, 0.1) is 30.7 Å². The summed E-state index contributed by atoms with van der Waals surface area (Å²) in [4.78, 5) is 26.5. The van der Waals surface area contributed by atoms with E-state index in [1.165, 1.54) is 7.11 Å². The van der Waals surface area contributed by atoms with E-state index in [2.05, 4.69) is 15.9 Å². The van der Waals surface area contributed by atoms with Crippen molar-refractivity contribution >= 4 is 27.8 Å². The topological polar surface area (TPSA) is 65.1 Å². The van der Waals surface area contributed by atoms with E-state index < -0.39 is 0 Å². The summed E-state index contributed by atoms with van der Waals surface area (Å²) < 4.78 is 16.7. The predicted octanol–water partition coefficient (Wildman–Crippen LogP) is 3.27. The maximum Gasteiger partial charge on any atom is 0.310 e. The summed E-state index contributed by atoms with van der Waals surface area (Å²) in [6.45, 7) is 5.52. The highest BCUT2D eigenvalue weighted by atomic mass is 79.9. The van der Waals surface area contributed by atoms with E-state index in [4.69, 9.17) is 14.2 Å². The van der Waals surface area contributed by atoms with Gasteiger partial charge in [0.2, 0.25) is 0 Å². The molecule has 1 saturated heterocycles. The fourth-order valence-electron chi connectivity index (χ4n) is 2.92. The second kappa shape index (κ2) is 9.08. The average molecular weight is 414 g/mol. The Labute approximate surface area is 156 Å². The highest BCUT2D eigenvalue weighted by Crippen LogP contribution is 2.37. The lowest BCUT2D eigenvalue weighted by Crippen LogP contribution is -2.42. The molecule has 0 radical (unpaired) electrons. The first-order valence-corrected chi connectivity index (χ1v) is 9.27. The summed E-state index contributed by atoms with van der Waals surface area (Å²) in [6, 6.07) is 3.40. The Balaban J connectivity index is 2.19. The Morgan fingerprint density at radius 2 is 2.04 bits per heavy atom. The van der Waals surface area contributed by atoms with Gasteiger partial charge in [-0.15, -0.1) is 0 Å². The minimum absolute atomic E-state index is 0.129. The van der Waals surface area contributed by atoms with E-state index in [-0.39, 0.29) is 17.8 Å². The molecule has 6 nitrogen and oxygen atoms in total. The largest absolute Gasteiger partial charge is 0.493 e. The number of amides is 1. The highest BCUT2D eigenvalue weighted by molar-refractivity contribution is 9.10. The van der Waals surface area contributed by atoms with Crippen LogP contribution in [0.2, 0.25) is 0 Å². The summed E-state index contributed by atoms with van der Waals surface area (Å²) in [6.07, 6.45) is 1.53. The van der Waals surface area contributed by atoms with E-state index in [1.807, 2.05) is 6.92 Å². The monoisotopic (exact) mass is 413 g/mol. The number of likely N-dealkylation sites (tertiary alicyclic amines) is 1. The van der Waals surface area contributed by atoms with Gasteiger partial charge in [-0.3, -0.25) is 9.59 Å². The predicted molar refractivity (Wildman–Crippen MR) is 97.1 cm³/mol. The third-order valence-corrected chi connectivity index (χ3v) is 4.68. The van der Waals surface area contributed by atoms with E-state index >= 15 is 0 Å². The van der Waals surface area contributed by atoms with Crippen molar-refractivity contribution in [2.75, 3.05) is 33.4 Å². The van der Waals surface area contributed by atoms with Crippen molar-refractivity contribution in [3.05, 3.63) is 22.2 Å². The van der Waals surface area contributed by atoms with Crippen molar-refractivity contribution in [1.29, 1.82) is 0 Å². The number of halogens is 1. The molecule has 1 amide bonds. The molecule has 1 aromatic rings. The SMILES string of the molecule is CCOC(=O)C1CCCN(C(=O)c2cc(Br)c(OCC)c(OC)c2)C1. The molecule has 1 aliphatic rings. The Morgan fingerprint density at radius 1 is 1.28 bits per heavy atom. The fourth-order valence-corrected chi connectivity index (χ4v) is 3.48. The molecule has 1 aromatic carbocycles. The van der Waals surface area contributed by atoms with Crippen molar-refractivity contribution in [3.63, 3.8) is 0 Å². The van der Waals surface area contributed by atoms with Gasteiger partial charge in [-0.05, 0) is 54.8 Å². The van der Waals surface area contributed by atoms with Gasteiger partial charge in [0.25, 0.3) is 5.91 Å². The van der Waals surface area contributed by atoms with Crippen molar-refractivity contribution < 1.29 is 23.8 Å². The summed E-state index contributed by atoms with van der Waals surface area (Å²) in [5.41, 5.74) is 0.497. The van der Waals surface area contributed by atoms with Gasteiger partial charge in [0, 0.05) is 18.7 Å². The lowest BCUT2D eigenvalue weighted by atomic mass is 9.97. The molecule has 0 N–H and O–H groups in total. The Kier molecular flexibility index (Phi) is 7.11. The van der Waals surface area contributed by atoms with Crippen LogP contribution in [0.5, 0.6) is 11.5 Å². The molecular weight excluding hydrogens is 390 g/mol. The molecule has 0 saturated carbocycles. The molecule has 0 spiro atoms. The maximum atomic E-state index is 12.9. The number of hydrogen-bond acceptors (Lipinski definition) is 5. The van der Waals surface area contributed by atoms with Crippen LogP contribution >= 0.6 is 15.9 Å². The third kappa shape index (κ3) is 4.66. The zero-order chi connectivity index (χ0) is 18.4. The zero-order valence-electron chi connectivity index (χ0n) is 14.8. The first kappa shape index (κ1) is 19.6. The number of hydrogen-bond donors (Lipinski definition) is 0. The number of methoxy groups -OCH3 is 1. The summed E-state index contributed by atoms with van der Waals surface area (Å²) in [7, 11) is 1.54. The molecule has 1 fully saturated rings. The Morgan fingerprint density at radius 3 is 2.68 bits per heavy atom.